The number of hydrogen-bond acceptors (Lipinski definition) is 3. The molecule has 5 nitrogen and oxygen atoms in total. The number of ether oxygens (including phenoxy) is 1. The molecule has 0 aromatic heterocycles. The molecule has 2 amide bonds. The standard InChI is InChI=1S/C7H14N2O3/c1-4(2)5(6(8)10)12-7(11)9-3/h4-5H,1-3H3,(H2,8,10)(H,9,11). The minimum Gasteiger partial charge on any atom is -0.436 e. The van der Waals surface area contributed by atoms with E-state index < -0.39 is 18.1 Å². The number of carbonyl (C=O) groups excluding carboxylic acids is 2. The number of primary amides is 1. The molecular formula is C7H14N2O3. The fourth-order valence-electron chi connectivity index (χ4n) is 0.697. The Bertz CT molecular complexity index is 179. The Labute approximate surface area is 71.3 Å². The highest BCUT2D eigenvalue weighted by molar-refractivity contribution is 5.82. The van der Waals surface area contributed by atoms with Crippen molar-refractivity contribution in [2.45, 2.75) is 20.0 Å². The molecule has 5 heteroatoms. The van der Waals surface area contributed by atoms with Crippen molar-refractivity contribution in [3.8, 4) is 0 Å². The first-order chi connectivity index (χ1) is 5.49. The number of alkyl carbamates (subject to hydrolysis) is 1. The molecule has 1 atom stereocenters. The van der Waals surface area contributed by atoms with Crippen molar-refractivity contribution in [2.24, 2.45) is 11.7 Å². The second kappa shape index (κ2) is 4.58. The molecule has 1 unspecified atom stereocenters. The first kappa shape index (κ1) is 10.7. The van der Waals surface area contributed by atoms with E-state index in [1.54, 1.807) is 13.8 Å². The predicted octanol–water partition coefficient (Wildman–Crippen LogP) is -0.148. The second-order valence-electron chi connectivity index (χ2n) is 2.72. The van der Waals surface area contributed by atoms with Gasteiger partial charge >= 0.3 is 6.09 Å². The maximum absolute atomic E-state index is 10.7. The van der Waals surface area contributed by atoms with E-state index in [4.69, 9.17) is 10.5 Å². The van der Waals surface area contributed by atoms with Crippen LogP contribution in [0.4, 0.5) is 4.79 Å². The lowest BCUT2D eigenvalue weighted by Crippen LogP contribution is -2.39. The number of rotatable bonds is 3. The SMILES string of the molecule is CNC(=O)OC(C(N)=O)C(C)C. The molecule has 0 fully saturated rings. The normalized spacial score (nSPS) is 12.3. The maximum atomic E-state index is 10.7. The molecule has 0 aliphatic carbocycles. The van der Waals surface area contributed by atoms with E-state index in [1.807, 2.05) is 0 Å². The lowest BCUT2D eigenvalue weighted by molar-refractivity contribution is -0.128. The fraction of sp³-hybridized carbons (Fsp3) is 0.714. The van der Waals surface area contributed by atoms with Crippen molar-refractivity contribution in [2.75, 3.05) is 7.05 Å². The number of hydrogen-bond donors (Lipinski definition) is 2. The van der Waals surface area contributed by atoms with Crippen LogP contribution >= 0.6 is 0 Å². The number of amides is 2. The van der Waals surface area contributed by atoms with E-state index in [1.165, 1.54) is 7.05 Å². The molecule has 0 rings (SSSR count). The highest BCUT2D eigenvalue weighted by Crippen LogP contribution is 2.05. The van der Waals surface area contributed by atoms with Gasteiger partial charge < -0.3 is 15.8 Å². The zero-order chi connectivity index (χ0) is 9.72. The highest BCUT2D eigenvalue weighted by atomic mass is 16.6. The second-order valence-corrected chi connectivity index (χ2v) is 2.72. The summed E-state index contributed by atoms with van der Waals surface area (Å²) in [4.78, 5) is 21.4. The van der Waals surface area contributed by atoms with E-state index in [0.717, 1.165) is 0 Å². The summed E-state index contributed by atoms with van der Waals surface area (Å²) < 4.78 is 4.70. The molecule has 0 saturated heterocycles. The third-order valence-electron chi connectivity index (χ3n) is 1.32. The van der Waals surface area contributed by atoms with Crippen molar-refractivity contribution in [3.63, 3.8) is 0 Å². The van der Waals surface area contributed by atoms with E-state index in [-0.39, 0.29) is 5.92 Å². The molecule has 0 bridgehead atoms. The smallest absolute Gasteiger partial charge is 0.407 e. The van der Waals surface area contributed by atoms with Gasteiger partial charge in [-0.15, -0.1) is 0 Å². The van der Waals surface area contributed by atoms with Crippen LogP contribution in [0.5, 0.6) is 0 Å². The molecule has 0 radical (unpaired) electrons. The third kappa shape index (κ3) is 3.23. The Morgan fingerprint density at radius 3 is 2.17 bits per heavy atom. The summed E-state index contributed by atoms with van der Waals surface area (Å²) >= 11 is 0. The van der Waals surface area contributed by atoms with Crippen molar-refractivity contribution < 1.29 is 14.3 Å². The monoisotopic (exact) mass is 174 g/mol. The van der Waals surface area contributed by atoms with E-state index in [9.17, 15) is 9.59 Å². The minimum absolute atomic E-state index is 0.111. The molecule has 0 aromatic rings. The number of carbonyl (C=O) groups is 2. The Hall–Kier alpha value is -1.26. The Balaban J connectivity index is 4.14. The third-order valence-corrected chi connectivity index (χ3v) is 1.32. The van der Waals surface area contributed by atoms with Crippen LogP contribution in [0, 0.1) is 5.92 Å². The summed E-state index contributed by atoms with van der Waals surface area (Å²) in [6, 6.07) is 0. The van der Waals surface area contributed by atoms with E-state index in [0.29, 0.717) is 0 Å². The molecule has 0 aromatic carbocycles. The van der Waals surface area contributed by atoms with Crippen LogP contribution in [0.1, 0.15) is 13.8 Å². The quantitative estimate of drug-likeness (QED) is 0.624. The highest BCUT2D eigenvalue weighted by Gasteiger charge is 2.23. The Kier molecular flexibility index (Phi) is 4.10. The molecule has 70 valence electrons. The van der Waals surface area contributed by atoms with Gasteiger partial charge in [-0.3, -0.25) is 4.79 Å². The lowest BCUT2D eigenvalue weighted by Gasteiger charge is -2.17. The van der Waals surface area contributed by atoms with Gasteiger partial charge in [0.25, 0.3) is 5.91 Å². The van der Waals surface area contributed by atoms with Crippen molar-refractivity contribution in [1.82, 2.24) is 5.32 Å². The molecule has 0 aliphatic heterocycles. The van der Waals surface area contributed by atoms with Crippen molar-refractivity contribution in [1.29, 1.82) is 0 Å². The first-order valence-corrected chi connectivity index (χ1v) is 3.66. The molecule has 0 spiro atoms. The molecule has 3 N–H and O–H groups in total. The van der Waals surface area contributed by atoms with Crippen LogP contribution in [-0.2, 0) is 9.53 Å². The molecule has 0 aliphatic rings. The summed E-state index contributed by atoms with van der Waals surface area (Å²) in [7, 11) is 1.42. The van der Waals surface area contributed by atoms with Gasteiger partial charge in [-0.1, -0.05) is 13.8 Å². The van der Waals surface area contributed by atoms with Crippen LogP contribution < -0.4 is 11.1 Å². The van der Waals surface area contributed by atoms with Crippen molar-refractivity contribution in [3.05, 3.63) is 0 Å². The summed E-state index contributed by atoms with van der Waals surface area (Å²) in [5, 5.41) is 2.24. The van der Waals surface area contributed by atoms with Gasteiger partial charge in [0.1, 0.15) is 0 Å². The van der Waals surface area contributed by atoms with Crippen LogP contribution in [0.25, 0.3) is 0 Å². The van der Waals surface area contributed by atoms with Crippen LogP contribution in [0.3, 0.4) is 0 Å². The van der Waals surface area contributed by atoms with Crippen LogP contribution in [0.2, 0.25) is 0 Å². The molecule has 0 saturated carbocycles. The van der Waals surface area contributed by atoms with Crippen LogP contribution in [0.15, 0.2) is 0 Å². The maximum Gasteiger partial charge on any atom is 0.407 e. The Morgan fingerprint density at radius 2 is 1.92 bits per heavy atom. The van der Waals surface area contributed by atoms with Crippen molar-refractivity contribution >= 4 is 12.0 Å². The summed E-state index contributed by atoms with van der Waals surface area (Å²) in [5.41, 5.74) is 5.00. The fourth-order valence-corrected chi connectivity index (χ4v) is 0.697. The van der Waals surface area contributed by atoms with Gasteiger partial charge in [-0.2, -0.15) is 0 Å². The summed E-state index contributed by atoms with van der Waals surface area (Å²) in [6.07, 6.45) is -1.50. The number of nitrogens with one attached hydrogen (secondary N) is 1. The van der Waals surface area contributed by atoms with Gasteiger partial charge in [-0.05, 0) is 5.92 Å². The summed E-state index contributed by atoms with van der Waals surface area (Å²) in [5.74, 6) is -0.742. The molecular weight excluding hydrogens is 160 g/mol. The average molecular weight is 174 g/mol. The summed E-state index contributed by atoms with van der Waals surface area (Å²) in [6.45, 7) is 3.50. The first-order valence-electron chi connectivity index (χ1n) is 3.66. The lowest BCUT2D eigenvalue weighted by atomic mass is 10.1. The zero-order valence-electron chi connectivity index (χ0n) is 7.46. The minimum atomic E-state index is -0.857. The zero-order valence-corrected chi connectivity index (χ0v) is 7.46. The largest absolute Gasteiger partial charge is 0.436 e. The Morgan fingerprint density at radius 1 is 1.42 bits per heavy atom. The van der Waals surface area contributed by atoms with Gasteiger partial charge in [0, 0.05) is 7.05 Å². The van der Waals surface area contributed by atoms with Gasteiger partial charge in [-0.25, -0.2) is 4.79 Å². The topological polar surface area (TPSA) is 81.4 Å². The van der Waals surface area contributed by atoms with Gasteiger partial charge in [0.2, 0.25) is 0 Å². The number of nitrogens with two attached hydrogens (primary N) is 1. The molecule has 12 heavy (non-hydrogen) atoms. The predicted molar refractivity (Wildman–Crippen MR) is 43.4 cm³/mol. The molecule has 0 heterocycles. The van der Waals surface area contributed by atoms with Gasteiger partial charge in [0.05, 0.1) is 0 Å². The van der Waals surface area contributed by atoms with Crippen LogP contribution in [-0.4, -0.2) is 25.2 Å². The average Bonchev–Trinajstić information content (AvgIpc) is 1.98. The van der Waals surface area contributed by atoms with E-state index in [2.05, 4.69) is 5.32 Å². The van der Waals surface area contributed by atoms with E-state index >= 15 is 0 Å². The van der Waals surface area contributed by atoms with Gasteiger partial charge in [0.15, 0.2) is 6.10 Å².